The fourth-order valence-electron chi connectivity index (χ4n) is 3.26. The van der Waals surface area contributed by atoms with Gasteiger partial charge < -0.3 is 10.1 Å². The number of nitrogens with one attached hydrogen (secondary N) is 1. The van der Waals surface area contributed by atoms with Gasteiger partial charge in [0.15, 0.2) is 22.3 Å². The lowest BCUT2D eigenvalue weighted by Crippen LogP contribution is -2.52. The van der Waals surface area contributed by atoms with E-state index in [4.69, 9.17) is 0 Å². The Bertz CT molecular complexity index is 1060. The Morgan fingerprint density at radius 2 is 1.62 bits per heavy atom. The van der Waals surface area contributed by atoms with Crippen LogP contribution in [0, 0.1) is 23.3 Å². The van der Waals surface area contributed by atoms with Crippen molar-refractivity contribution in [1.29, 1.82) is 0 Å². The van der Waals surface area contributed by atoms with E-state index in [1.54, 1.807) is 24.3 Å². The van der Waals surface area contributed by atoms with Crippen LogP contribution in [0.3, 0.4) is 0 Å². The number of sulfonamides is 1. The molecule has 2 aromatic carbocycles. The molecule has 0 radical (unpaired) electrons. The van der Waals surface area contributed by atoms with Gasteiger partial charge in [-0.25, -0.2) is 17.2 Å². The Labute approximate surface area is 164 Å². The summed E-state index contributed by atoms with van der Waals surface area (Å²) in [4.78, 5) is 10.5. The second-order valence-electron chi connectivity index (χ2n) is 6.27. The molecule has 0 spiro atoms. The lowest BCUT2D eigenvalue weighted by Gasteiger charge is -2.34. The second kappa shape index (κ2) is 7.64. The fraction of sp³-hybridized carbons (Fsp3) is 0.278. The number of halogens is 4. The van der Waals surface area contributed by atoms with E-state index < -0.39 is 62.4 Å². The van der Waals surface area contributed by atoms with Gasteiger partial charge in [0.2, 0.25) is 27.6 Å². The first-order valence-corrected chi connectivity index (χ1v) is 9.79. The van der Waals surface area contributed by atoms with Crippen molar-refractivity contribution in [1.82, 2.24) is 9.62 Å². The van der Waals surface area contributed by atoms with E-state index in [1.165, 1.54) is 7.05 Å². The van der Waals surface area contributed by atoms with Gasteiger partial charge in [0.25, 0.3) is 0 Å². The van der Waals surface area contributed by atoms with Crippen LogP contribution in [0.5, 0.6) is 5.75 Å². The number of hydrogen-bond acceptors (Lipinski definition) is 4. The van der Waals surface area contributed by atoms with Gasteiger partial charge in [-0.2, -0.15) is 13.1 Å². The summed E-state index contributed by atoms with van der Waals surface area (Å²) in [7, 11) is -3.11. The number of likely N-dealkylation sites (N-methyl/N-ethyl adjacent to an activating group) is 1. The molecule has 1 atom stereocenters. The minimum absolute atomic E-state index is 0.0839. The molecule has 0 aromatic heterocycles. The van der Waals surface area contributed by atoms with Gasteiger partial charge in [0.1, 0.15) is 6.04 Å². The lowest BCUT2D eigenvalue weighted by atomic mass is 9.95. The van der Waals surface area contributed by atoms with Gasteiger partial charge in [0, 0.05) is 13.6 Å². The predicted molar refractivity (Wildman–Crippen MR) is 93.6 cm³/mol. The maximum absolute atomic E-state index is 14.5. The molecule has 156 valence electrons. The first kappa shape index (κ1) is 21.1. The summed E-state index contributed by atoms with van der Waals surface area (Å²) in [6.07, 6.45) is -0.0839. The molecule has 1 heterocycles. The molecule has 1 amide bonds. The summed E-state index contributed by atoms with van der Waals surface area (Å²) in [5, 5.41) is 2.29. The Balaban J connectivity index is 2.22. The van der Waals surface area contributed by atoms with Crippen LogP contribution in [-0.4, -0.2) is 38.8 Å². The lowest BCUT2D eigenvalue weighted by molar-refractivity contribution is -0.124. The number of hydrogen-bond donors (Lipinski definition) is 1. The summed E-state index contributed by atoms with van der Waals surface area (Å²) >= 11 is 0. The molecule has 0 bridgehead atoms. The largest absolute Gasteiger partial charge is 0.491 e. The van der Waals surface area contributed by atoms with Crippen LogP contribution in [-0.2, 0) is 27.8 Å². The van der Waals surface area contributed by atoms with E-state index in [2.05, 4.69) is 10.1 Å². The number of carbonyl (C=O) groups is 1. The molecule has 11 heteroatoms. The summed E-state index contributed by atoms with van der Waals surface area (Å²) < 4.78 is 88.1. The van der Waals surface area contributed by atoms with E-state index in [9.17, 15) is 30.8 Å². The van der Waals surface area contributed by atoms with Crippen LogP contribution in [0.4, 0.5) is 17.6 Å². The van der Waals surface area contributed by atoms with Crippen molar-refractivity contribution >= 4 is 15.9 Å². The zero-order chi connectivity index (χ0) is 21.5. The van der Waals surface area contributed by atoms with Crippen molar-refractivity contribution in [3.63, 3.8) is 0 Å². The average Bonchev–Trinajstić information content (AvgIpc) is 2.71. The van der Waals surface area contributed by atoms with Crippen molar-refractivity contribution in [2.45, 2.75) is 23.9 Å². The number of fused-ring (bicyclic) bond motifs is 1. The van der Waals surface area contributed by atoms with Gasteiger partial charge in [0.05, 0.1) is 7.11 Å². The molecule has 3 rings (SSSR count). The predicted octanol–water partition coefficient (Wildman–Crippen LogP) is 2.11. The minimum atomic E-state index is -5.15. The van der Waals surface area contributed by atoms with Crippen LogP contribution in [0.15, 0.2) is 29.2 Å². The van der Waals surface area contributed by atoms with Gasteiger partial charge in [-0.05, 0) is 17.5 Å². The number of benzene rings is 2. The third kappa shape index (κ3) is 3.33. The Hall–Kier alpha value is -2.66. The van der Waals surface area contributed by atoms with Crippen molar-refractivity contribution in [3.05, 3.63) is 58.7 Å². The molecule has 6 nitrogen and oxygen atoms in total. The van der Waals surface area contributed by atoms with Crippen LogP contribution < -0.4 is 10.1 Å². The van der Waals surface area contributed by atoms with E-state index in [0.717, 1.165) is 7.11 Å². The minimum Gasteiger partial charge on any atom is -0.491 e. The first-order valence-electron chi connectivity index (χ1n) is 8.35. The Morgan fingerprint density at radius 1 is 1.07 bits per heavy atom. The third-order valence-corrected chi connectivity index (χ3v) is 6.58. The zero-order valence-electron chi connectivity index (χ0n) is 15.3. The quantitative estimate of drug-likeness (QED) is 0.593. The number of carbonyl (C=O) groups excluding carboxylic acids is 1. The van der Waals surface area contributed by atoms with E-state index in [-0.39, 0.29) is 6.42 Å². The summed E-state index contributed by atoms with van der Waals surface area (Å²) in [5.41, 5.74) is 1.16. The van der Waals surface area contributed by atoms with Gasteiger partial charge >= 0.3 is 0 Å². The molecule has 0 unspecified atom stereocenters. The highest BCUT2D eigenvalue weighted by atomic mass is 32.2. The number of rotatable bonds is 4. The van der Waals surface area contributed by atoms with Crippen molar-refractivity contribution < 1.29 is 35.5 Å². The zero-order valence-corrected chi connectivity index (χ0v) is 16.1. The number of ether oxygens (including phenoxy) is 1. The first-order chi connectivity index (χ1) is 13.6. The molecular formula is C18H16F4N2O4S. The maximum atomic E-state index is 14.5. The molecule has 0 fully saturated rings. The highest BCUT2D eigenvalue weighted by Gasteiger charge is 2.44. The van der Waals surface area contributed by atoms with Crippen LogP contribution >= 0.6 is 0 Å². The van der Waals surface area contributed by atoms with Crippen LogP contribution in [0.1, 0.15) is 11.1 Å². The normalized spacial score (nSPS) is 17.0. The van der Waals surface area contributed by atoms with E-state index in [0.29, 0.717) is 15.4 Å². The van der Waals surface area contributed by atoms with Gasteiger partial charge in [-0.15, -0.1) is 0 Å². The standard InChI is InChI=1S/C18H16F4N2O4S/c1-23-18(25)11-7-9-5-3-4-6-10(9)8-24(11)29(26,27)17-14(21)12(19)16(28-2)13(20)15(17)22/h3-6,11H,7-8H2,1-2H3,(H,23,25)/t11-/m0/s1. The highest BCUT2D eigenvalue weighted by molar-refractivity contribution is 7.89. The van der Waals surface area contributed by atoms with Gasteiger partial charge in [-0.3, -0.25) is 4.79 Å². The summed E-state index contributed by atoms with van der Waals surface area (Å²) in [5.74, 6) is -10.4. The van der Waals surface area contributed by atoms with Crippen molar-refractivity contribution in [2.75, 3.05) is 14.2 Å². The average molecular weight is 432 g/mol. The summed E-state index contributed by atoms with van der Waals surface area (Å²) in [6, 6.07) is 5.21. The van der Waals surface area contributed by atoms with E-state index >= 15 is 0 Å². The van der Waals surface area contributed by atoms with Crippen molar-refractivity contribution in [2.24, 2.45) is 0 Å². The number of amides is 1. The van der Waals surface area contributed by atoms with E-state index in [1.807, 2.05) is 0 Å². The SMILES string of the molecule is CNC(=O)[C@@H]1Cc2ccccc2CN1S(=O)(=O)c1c(F)c(F)c(OC)c(F)c1F. The van der Waals surface area contributed by atoms with Crippen molar-refractivity contribution in [3.8, 4) is 5.75 Å². The molecule has 29 heavy (non-hydrogen) atoms. The van der Waals surface area contributed by atoms with Crippen LogP contribution in [0.2, 0.25) is 0 Å². The van der Waals surface area contributed by atoms with Crippen LogP contribution in [0.25, 0.3) is 0 Å². The van der Waals surface area contributed by atoms with Gasteiger partial charge in [-0.1, -0.05) is 24.3 Å². The number of methoxy groups -OCH3 is 1. The smallest absolute Gasteiger partial charge is 0.250 e. The Morgan fingerprint density at radius 3 is 2.14 bits per heavy atom. The second-order valence-corrected chi connectivity index (χ2v) is 8.10. The molecule has 1 aliphatic heterocycles. The maximum Gasteiger partial charge on any atom is 0.250 e. The molecule has 0 aliphatic carbocycles. The molecule has 0 saturated heterocycles. The third-order valence-electron chi connectivity index (χ3n) is 4.71. The fourth-order valence-corrected chi connectivity index (χ4v) is 4.94. The molecular weight excluding hydrogens is 416 g/mol. The number of nitrogens with zero attached hydrogens (tertiary/aromatic N) is 1. The topological polar surface area (TPSA) is 75.7 Å². The molecule has 0 saturated carbocycles. The highest BCUT2D eigenvalue weighted by Crippen LogP contribution is 2.36. The molecule has 1 N–H and O–H groups in total. The summed E-state index contributed by atoms with van der Waals surface area (Å²) in [6.45, 7) is -0.412. The Kier molecular flexibility index (Phi) is 5.54. The molecule has 1 aliphatic rings. The monoisotopic (exact) mass is 432 g/mol. The molecule has 2 aromatic rings.